The zero-order chi connectivity index (χ0) is 14.5. The van der Waals surface area contributed by atoms with Crippen molar-refractivity contribution in [2.75, 3.05) is 11.9 Å². The van der Waals surface area contributed by atoms with E-state index in [9.17, 15) is 9.18 Å². The summed E-state index contributed by atoms with van der Waals surface area (Å²) in [5.74, 6) is -0.257. The Morgan fingerprint density at radius 1 is 1.15 bits per heavy atom. The zero-order valence-corrected chi connectivity index (χ0v) is 11.7. The van der Waals surface area contributed by atoms with Crippen LogP contribution in [0.1, 0.15) is 27.9 Å². The molecule has 0 spiro atoms. The van der Waals surface area contributed by atoms with Crippen LogP contribution in [0.3, 0.4) is 0 Å². The number of hydrogen-bond donors (Lipinski definition) is 1. The Bertz CT molecular complexity index is 622. The van der Waals surface area contributed by atoms with E-state index in [1.165, 1.54) is 17.7 Å². The average molecular weight is 271 g/mol. The average Bonchev–Trinajstić information content (AvgIpc) is 2.42. The molecule has 0 saturated carbocycles. The molecule has 0 aliphatic carbocycles. The fourth-order valence-corrected chi connectivity index (χ4v) is 2.04. The SMILES string of the molecule is Cc1cccc(NCCC(=O)c2ccc(F)c(C)c2)c1. The molecule has 0 aliphatic rings. The van der Waals surface area contributed by atoms with E-state index in [1.807, 2.05) is 31.2 Å². The first-order chi connectivity index (χ1) is 9.56. The molecule has 3 heteroatoms. The van der Waals surface area contributed by atoms with Gasteiger partial charge >= 0.3 is 0 Å². The van der Waals surface area contributed by atoms with E-state index in [0.717, 1.165) is 5.69 Å². The first kappa shape index (κ1) is 14.3. The molecule has 0 aromatic heterocycles. The summed E-state index contributed by atoms with van der Waals surface area (Å²) in [5, 5.41) is 3.22. The van der Waals surface area contributed by atoms with Gasteiger partial charge in [0.2, 0.25) is 0 Å². The number of anilines is 1. The van der Waals surface area contributed by atoms with Crippen molar-refractivity contribution >= 4 is 11.5 Å². The first-order valence-corrected chi connectivity index (χ1v) is 6.66. The van der Waals surface area contributed by atoms with Crippen LogP contribution >= 0.6 is 0 Å². The van der Waals surface area contributed by atoms with Crippen LogP contribution in [0, 0.1) is 19.7 Å². The van der Waals surface area contributed by atoms with Gasteiger partial charge < -0.3 is 5.32 Å². The van der Waals surface area contributed by atoms with Gasteiger partial charge in [-0.3, -0.25) is 4.79 Å². The number of rotatable bonds is 5. The normalized spacial score (nSPS) is 10.3. The lowest BCUT2D eigenvalue weighted by atomic mass is 10.1. The van der Waals surface area contributed by atoms with Crippen LogP contribution in [0.5, 0.6) is 0 Å². The summed E-state index contributed by atoms with van der Waals surface area (Å²) in [6, 6.07) is 12.5. The number of Topliss-reactive ketones (excluding diaryl/α,β-unsaturated/α-hetero) is 1. The number of ketones is 1. The molecule has 1 N–H and O–H groups in total. The van der Waals surface area contributed by atoms with Gasteiger partial charge in [0.15, 0.2) is 5.78 Å². The second-order valence-electron chi connectivity index (χ2n) is 4.93. The number of benzene rings is 2. The molecule has 0 aliphatic heterocycles. The molecule has 0 bridgehead atoms. The fraction of sp³-hybridized carbons (Fsp3) is 0.235. The number of aryl methyl sites for hydroxylation is 2. The largest absolute Gasteiger partial charge is 0.385 e. The summed E-state index contributed by atoms with van der Waals surface area (Å²) in [6.07, 6.45) is 0.388. The van der Waals surface area contributed by atoms with Crippen molar-refractivity contribution in [1.82, 2.24) is 0 Å². The van der Waals surface area contributed by atoms with Crippen molar-refractivity contribution in [3.63, 3.8) is 0 Å². The Morgan fingerprint density at radius 2 is 1.95 bits per heavy atom. The highest BCUT2D eigenvalue weighted by Crippen LogP contribution is 2.12. The molecule has 0 fully saturated rings. The topological polar surface area (TPSA) is 29.1 Å². The highest BCUT2D eigenvalue weighted by molar-refractivity contribution is 5.96. The molecule has 0 radical (unpaired) electrons. The molecule has 0 saturated heterocycles. The predicted octanol–water partition coefficient (Wildman–Crippen LogP) is 4.13. The summed E-state index contributed by atoms with van der Waals surface area (Å²) in [4.78, 5) is 12.0. The second-order valence-corrected chi connectivity index (χ2v) is 4.93. The summed E-state index contributed by atoms with van der Waals surface area (Å²) in [7, 11) is 0. The van der Waals surface area contributed by atoms with Gasteiger partial charge in [0, 0.05) is 24.2 Å². The predicted molar refractivity (Wildman–Crippen MR) is 79.8 cm³/mol. The van der Waals surface area contributed by atoms with Crippen molar-refractivity contribution in [1.29, 1.82) is 0 Å². The number of halogens is 1. The lowest BCUT2D eigenvalue weighted by Crippen LogP contribution is -2.09. The van der Waals surface area contributed by atoms with E-state index in [4.69, 9.17) is 0 Å². The number of nitrogens with one attached hydrogen (secondary N) is 1. The molecule has 0 unspecified atom stereocenters. The number of carbonyl (C=O) groups is 1. The van der Waals surface area contributed by atoms with Gasteiger partial charge in [0.1, 0.15) is 5.82 Å². The van der Waals surface area contributed by atoms with Gasteiger partial charge in [-0.15, -0.1) is 0 Å². The Labute approximate surface area is 118 Å². The Kier molecular flexibility index (Phi) is 4.51. The summed E-state index contributed by atoms with van der Waals surface area (Å²) >= 11 is 0. The molecule has 0 amide bonds. The Morgan fingerprint density at radius 3 is 2.65 bits per heavy atom. The number of carbonyl (C=O) groups excluding carboxylic acids is 1. The molecular weight excluding hydrogens is 253 g/mol. The third-order valence-electron chi connectivity index (χ3n) is 3.18. The van der Waals surface area contributed by atoms with Crippen molar-refractivity contribution in [2.45, 2.75) is 20.3 Å². The number of hydrogen-bond acceptors (Lipinski definition) is 2. The zero-order valence-electron chi connectivity index (χ0n) is 11.7. The molecular formula is C17H18FNO. The van der Waals surface area contributed by atoms with Crippen molar-refractivity contribution < 1.29 is 9.18 Å². The van der Waals surface area contributed by atoms with E-state index in [2.05, 4.69) is 5.32 Å². The van der Waals surface area contributed by atoms with Crippen LogP contribution in [0.2, 0.25) is 0 Å². The Hall–Kier alpha value is -2.16. The molecule has 2 aromatic carbocycles. The Balaban J connectivity index is 1.90. The third-order valence-corrected chi connectivity index (χ3v) is 3.18. The van der Waals surface area contributed by atoms with Gasteiger partial charge in [0.25, 0.3) is 0 Å². The molecule has 20 heavy (non-hydrogen) atoms. The molecule has 0 atom stereocenters. The van der Waals surface area contributed by atoms with Gasteiger partial charge in [-0.1, -0.05) is 12.1 Å². The van der Waals surface area contributed by atoms with Crippen molar-refractivity contribution in [3.05, 3.63) is 65.0 Å². The highest BCUT2D eigenvalue weighted by Gasteiger charge is 2.07. The maximum absolute atomic E-state index is 13.1. The maximum Gasteiger partial charge on any atom is 0.164 e. The van der Waals surface area contributed by atoms with E-state index in [-0.39, 0.29) is 11.6 Å². The quantitative estimate of drug-likeness (QED) is 0.828. The van der Waals surface area contributed by atoms with E-state index >= 15 is 0 Å². The van der Waals surface area contributed by atoms with E-state index in [1.54, 1.807) is 13.0 Å². The van der Waals surface area contributed by atoms with Crippen LogP contribution in [0.15, 0.2) is 42.5 Å². The van der Waals surface area contributed by atoms with Crippen LogP contribution in [0.4, 0.5) is 10.1 Å². The summed E-state index contributed by atoms with van der Waals surface area (Å²) in [5.41, 5.74) is 3.25. The standard InChI is InChI=1S/C17H18FNO/c1-12-4-3-5-15(10-12)19-9-8-17(20)14-6-7-16(18)13(2)11-14/h3-7,10-11,19H,8-9H2,1-2H3. The smallest absolute Gasteiger partial charge is 0.164 e. The van der Waals surface area contributed by atoms with Crippen LogP contribution in [-0.4, -0.2) is 12.3 Å². The minimum Gasteiger partial charge on any atom is -0.385 e. The van der Waals surface area contributed by atoms with E-state index < -0.39 is 0 Å². The van der Waals surface area contributed by atoms with Crippen LogP contribution in [-0.2, 0) is 0 Å². The first-order valence-electron chi connectivity index (χ1n) is 6.66. The molecule has 0 heterocycles. The minimum atomic E-state index is -0.278. The van der Waals surface area contributed by atoms with Gasteiger partial charge in [-0.2, -0.15) is 0 Å². The van der Waals surface area contributed by atoms with Crippen LogP contribution < -0.4 is 5.32 Å². The fourth-order valence-electron chi connectivity index (χ4n) is 2.04. The molecule has 104 valence electrons. The van der Waals surface area contributed by atoms with Crippen molar-refractivity contribution in [3.8, 4) is 0 Å². The monoisotopic (exact) mass is 271 g/mol. The molecule has 2 aromatic rings. The molecule has 2 rings (SSSR count). The van der Waals surface area contributed by atoms with Gasteiger partial charge in [0.05, 0.1) is 0 Å². The summed E-state index contributed by atoms with van der Waals surface area (Å²) in [6.45, 7) is 4.26. The van der Waals surface area contributed by atoms with Gasteiger partial charge in [-0.05, 0) is 55.3 Å². The van der Waals surface area contributed by atoms with Crippen LogP contribution in [0.25, 0.3) is 0 Å². The van der Waals surface area contributed by atoms with E-state index in [0.29, 0.717) is 24.1 Å². The van der Waals surface area contributed by atoms with Crippen molar-refractivity contribution in [2.24, 2.45) is 0 Å². The lowest BCUT2D eigenvalue weighted by molar-refractivity contribution is 0.0986. The lowest BCUT2D eigenvalue weighted by Gasteiger charge is -2.07. The van der Waals surface area contributed by atoms with Gasteiger partial charge in [-0.25, -0.2) is 4.39 Å². The minimum absolute atomic E-state index is 0.0215. The highest BCUT2D eigenvalue weighted by atomic mass is 19.1. The second kappa shape index (κ2) is 6.33. The summed E-state index contributed by atoms with van der Waals surface area (Å²) < 4.78 is 13.1. The molecule has 2 nitrogen and oxygen atoms in total. The third kappa shape index (κ3) is 3.67. The maximum atomic E-state index is 13.1.